The van der Waals surface area contributed by atoms with Crippen LogP contribution in [0.2, 0.25) is 0 Å². The zero-order valence-corrected chi connectivity index (χ0v) is 8.16. The summed E-state index contributed by atoms with van der Waals surface area (Å²) in [4.78, 5) is 0. The summed E-state index contributed by atoms with van der Waals surface area (Å²) in [5.74, 6) is 1.00. The highest BCUT2D eigenvalue weighted by Crippen LogP contribution is 2.36. The zero-order valence-electron chi connectivity index (χ0n) is 7.00. The molecule has 1 nitrogen and oxygen atoms in total. The number of benzene rings is 1. The van der Waals surface area contributed by atoms with E-state index in [4.69, 9.17) is 4.74 Å². The van der Waals surface area contributed by atoms with Crippen molar-refractivity contribution in [3.05, 3.63) is 35.4 Å². The Morgan fingerprint density at radius 3 is 3.00 bits per heavy atom. The molecule has 0 aromatic heterocycles. The Hall–Kier alpha value is -0.810. The lowest BCUT2D eigenvalue weighted by Gasteiger charge is -2.06. The molecule has 0 aliphatic heterocycles. The van der Waals surface area contributed by atoms with Gasteiger partial charge in [-0.2, -0.15) is 0 Å². The van der Waals surface area contributed by atoms with Gasteiger partial charge in [0.05, 0.1) is 7.11 Å². The van der Waals surface area contributed by atoms with Crippen molar-refractivity contribution in [3.63, 3.8) is 0 Å². The lowest BCUT2D eigenvalue weighted by Crippen LogP contribution is -1.90. The van der Waals surface area contributed by atoms with Crippen molar-refractivity contribution in [1.82, 2.24) is 0 Å². The summed E-state index contributed by atoms with van der Waals surface area (Å²) in [6.07, 6.45) is 3.20. The summed E-state index contributed by atoms with van der Waals surface area (Å²) in [5, 5.41) is 1.28. The third-order valence-electron chi connectivity index (χ3n) is 2.19. The molecule has 1 unspecified atom stereocenters. The number of methoxy groups -OCH3 is 1. The van der Waals surface area contributed by atoms with Gasteiger partial charge in [0.1, 0.15) is 5.75 Å². The van der Waals surface area contributed by atoms with Crippen molar-refractivity contribution in [2.24, 2.45) is 0 Å². The zero-order chi connectivity index (χ0) is 8.55. The third kappa shape index (κ3) is 1.05. The van der Waals surface area contributed by atoms with Gasteiger partial charge in [0.25, 0.3) is 0 Å². The Balaban J connectivity index is 2.56. The first-order valence-electron chi connectivity index (χ1n) is 3.95. The molecule has 0 bridgehead atoms. The summed E-state index contributed by atoms with van der Waals surface area (Å²) < 4.78 is 5.26. The fourth-order valence-electron chi connectivity index (χ4n) is 1.56. The van der Waals surface area contributed by atoms with Gasteiger partial charge in [-0.1, -0.05) is 18.2 Å². The Morgan fingerprint density at radius 1 is 1.42 bits per heavy atom. The number of rotatable bonds is 1. The number of fused-ring (bicyclic) bond motifs is 1. The van der Waals surface area contributed by atoms with E-state index in [0.29, 0.717) is 0 Å². The number of hydrogen-bond acceptors (Lipinski definition) is 1. The Morgan fingerprint density at radius 2 is 2.25 bits per heavy atom. The predicted molar refractivity (Wildman–Crippen MR) is 54.4 cm³/mol. The molecular weight excluding hydrogens is 167 g/mol. The highest BCUT2D eigenvalue weighted by atomic mass is 31.0. The van der Waals surface area contributed by atoms with Crippen LogP contribution < -0.4 is 4.74 Å². The standard InChI is InChI=1S/C10H11OP/c1-11-9-4-2-3-8-7(9)5-6-10(8)12/h2-4,6H,5,12H2,1H3. The van der Waals surface area contributed by atoms with Gasteiger partial charge in [-0.25, -0.2) is 0 Å². The highest BCUT2D eigenvalue weighted by molar-refractivity contribution is 7.31. The first kappa shape index (κ1) is 7.82. The minimum atomic E-state index is 0.998. The Labute approximate surface area is 74.6 Å². The summed E-state index contributed by atoms with van der Waals surface area (Å²) in [7, 11) is 4.47. The Bertz CT molecular complexity index is 342. The van der Waals surface area contributed by atoms with E-state index in [1.807, 2.05) is 12.1 Å². The molecule has 1 aliphatic rings. The third-order valence-corrected chi connectivity index (χ3v) is 2.74. The van der Waals surface area contributed by atoms with Crippen LogP contribution in [-0.4, -0.2) is 7.11 Å². The van der Waals surface area contributed by atoms with E-state index >= 15 is 0 Å². The van der Waals surface area contributed by atoms with Gasteiger partial charge in [0.15, 0.2) is 0 Å². The monoisotopic (exact) mass is 178 g/mol. The van der Waals surface area contributed by atoms with Crippen LogP contribution in [0.3, 0.4) is 0 Å². The van der Waals surface area contributed by atoms with Gasteiger partial charge >= 0.3 is 0 Å². The molecule has 1 atom stereocenters. The topological polar surface area (TPSA) is 9.23 Å². The summed E-state index contributed by atoms with van der Waals surface area (Å²) >= 11 is 0. The molecule has 2 heteroatoms. The summed E-state index contributed by atoms with van der Waals surface area (Å²) in [6.45, 7) is 0. The predicted octanol–water partition coefficient (Wildman–Crippen LogP) is 2.47. The SMILES string of the molecule is COc1cccc2c1CC=C2P. The molecule has 0 fully saturated rings. The fraction of sp³-hybridized carbons (Fsp3) is 0.200. The van der Waals surface area contributed by atoms with Crippen LogP contribution in [0.5, 0.6) is 5.75 Å². The smallest absolute Gasteiger partial charge is 0.122 e. The molecule has 0 spiro atoms. The van der Waals surface area contributed by atoms with Crippen LogP contribution in [0.1, 0.15) is 11.1 Å². The van der Waals surface area contributed by atoms with Crippen molar-refractivity contribution in [3.8, 4) is 5.75 Å². The second-order valence-corrected chi connectivity index (χ2v) is 3.47. The van der Waals surface area contributed by atoms with Crippen molar-refractivity contribution >= 4 is 14.6 Å². The summed E-state index contributed by atoms with van der Waals surface area (Å²) in [5.41, 5.74) is 2.62. The van der Waals surface area contributed by atoms with Crippen LogP contribution in [-0.2, 0) is 6.42 Å². The molecule has 0 saturated heterocycles. The number of hydrogen-bond donors (Lipinski definition) is 0. The molecule has 1 aromatic rings. The quantitative estimate of drug-likeness (QED) is 0.600. The van der Waals surface area contributed by atoms with Gasteiger partial charge in [-0.05, 0) is 23.4 Å². The van der Waals surface area contributed by atoms with Crippen LogP contribution in [0, 0.1) is 0 Å². The first-order chi connectivity index (χ1) is 5.83. The molecule has 1 aromatic carbocycles. The van der Waals surface area contributed by atoms with Crippen molar-refractivity contribution in [2.75, 3.05) is 7.11 Å². The lowest BCUT2D eigenvalue weighted by molar-refractivity contribution is 0.411. The van der Waals surface area contributed by atoms with Crippen molar-refractivity contribution in [1.29, 1.82) is 0 Å². The van der Waals surface area contributed by atoms with Gasteiger partial charge < -0.3 is 4.74 Å². The molecular formula is C10H11OP. The molecule has 0 amide bonds. The minimum Gasteiger partial charge on any atom is -0.496 e. The molecule has 0 N–H and O–H groups in total. The maximum atomic E-state index is 5.26. The normalized spacial score (nSPS) is 14.0. The van der Waals surface area contributed by atoms with Gasteiger partial charge in [0, 0.05) is 5.56 Å². The molecule has 0 saturated carbocycles. The molecule has 0 radical (unpaired) electrons. The molecule has 0 heterocycles. The van der Waals surface area contributed by atoms with Gasteiger partial charge in [0.2, 0.25) is 0 Å². The number of ether oxygens (including phenoxy) is 1. The lowest BCUT2D eigenvalue weighted by atomic mass is 10.1. The first-order valence-corrected chi connectivity index (χ1v) is 4.52. The molecule has 2 rings (SSSR count). The Kier molecular flexibility index (Phi) is 1.90. The van der Waals surface area contributed by atoms with E-state index in [1.54, 1.807) is 7.11 Å². The van der Waals surface area contributed by atoms with E-state index in [-0.39, 0.29) is 0 Å². The van der Waals surface area contributed by atoms with E-state index in [1.165, 1.54) is 16.4 Å². The van der Waals surface area contributed by atoms with Crippen molar-refractivity contribution in [2.45, 2.75) is 6.42 Å². The average Bonchev–Trinajstić information content (AvgIpc) is 2.48. The van der Waals surface area contributed by atoms with Crippen molar-refractivity contribution < 1.29 is 4.74 Å². The highest BCUT2D eigenvalue weighted by Gasteiger charge is 2.13. The summed E-state index contributed by atoms with van der Waals surface area (Å²) in [6, 6.07) is 6.17. The largest absolute Gasteiger partial charge is 0.496 e. The number of allylic oxidation sites excluding steroid dienone is 1. The van der Waals surface area contributed by atoms with E-state index in [9.17, 15) is 0 Å². The van der Waals surface area contributed by atoms with E-state index in [0.717, 1.165) is 12.2 Å². The van der Waals surface area contributed by atoms with Crippen LogP contribution >= 0.6 is 9.24 Å². The fourth-order valence-corrected chi connectivity index (χ4v) is 1.95. The molecule has 62 valence electrons. The van der Waals surface area contributed by atoms with Crippen LogP contribution in [0.25, 0.3) is 5.31 Å². The second-order valence-electron chi connectivity index (χ2n) is 2.85. The maximum Gasteiger partial charge on any atom is 0.122 e. The van der Waals surface area contributed by atoms with Gasteiger partial charge in [-0.15, -0.1) is 9.24 Å². The van der Waals surface area contributed by atoms with E-state index in [2.05, 4.69) is 21.4 Å². The van der Waals surface area contributed by atoms with Crippen LogP contribution in [0.4, 0.5) is 0 Å². The second kappa shape index (κ2) is 2.91. The maximum absolute atomic E-state index is 5.26. The molecule has 12 heavy (non-hydrogen) atoms. The average molecular weight is 178 g/mol. The van der Waals surface area contributed by atoms with Crippen LogP contribution in [0.15, 0.2) is 24.3 Å². The minimum absolute atomic E-state index is 0.998. The van der Waals surface area contributed by atoms with Gasteiger partial charge in [-0.3, -0.25) is 0 Å². The molecule has 1 aliphatic carbocycles. The van der Waals surface area contributed by atoms with E-state index < -0.39 is 0 Å².